The Balaban J connectivity index is 2.01. The first kappa shape index (κ1) is 19.4. The number of rotatable bonds is 3. The van der Waals surface area contributed by atoms with Gasteiger partial charge in [0, 0.05) is 31.0 Å². The van der Waals surface area contributed by atoms with Crippen LogP contribution in [0.5, 0.6) is 0 Å². The highest BCUT2D eigenvalue weighted by Crippen LogP contribution is 2.35. The molecule has 1 aromatic heterocycles. The molecule has 4 rings (SSSR count). The van der Waals surface area contributed by atoms with Crippen LogP contribution in [0.4, 0.5) is 19.0 Å². The molecule has 5 nitrogen and oxygen atoms in total. The van der Waals surface area contributed by atoms with E-state index in [1.165, 1.54) is 10.6 Å². The first-order chi connectivity index (χ1) is 13.8. The average Bonchev–Trinajstić information content (AvgIpc) is 3.16. The van der Waals surface area contributed by atoms with Crippen LogP contribution >= 0.6 is 0 Å². The van der Waals surface area contributed by atoms with E-state index >= 15 is 0 Å². The van der Waals surface area contributed by atoms with Crippen molar-refractivity contribution in [1.82, 2.24) is 9.55 Å². The predicted octanol–water partition coefficient (Wildman–Crippen LogP) is 3.53. The lowest BCUT2D eigenvalue weighted by atomic mass is 10.1. The highest BCUT2D eigenvalue weighted by atomic mass is 19.4. The summed E-state index contributed by atoms with van der Waals surface area (Å²) in [6.07, 6.45) is -3.79. The number of hydrogen-bond acceptors (Lipinski definition) is 4. The minimum Gasteiger partial charge on any atom is -0.396 e. The molecule has 2 aromatic carbocycles. The van der Waals surface area contributed by atoms with E-state index in [1.54, 1.807) is 31.2 Å². The minimum absolute atomic E-state index is 0.0208. The molecule has 0 unspecified atom stereocenters. The predicted molar refractivity (Wildman–Crippen MR) is 104 cm³/mol. The standard InChI is InChI=1S/C21H20F3N3O2/c1-13-4-2-3-5-17(13)27-18-10-15(21(22,23)24)6-7-16(18)19(25-20(27)29)26-9-8-14(11-26)12-28/h2-7,10,14,28H,8-9,11-12H2,1H3/t14-/m0/s1. The SMILES string of the molecule is Cc1ccccc1-n1c(=O)nc(N2CC[C@H](CO)C2)c2ccc(C(F)(F)F)cc21. The number of aryl methyl sites for hydroxylation is 1. The summed E-state index contributed by atoms with van der Waals surface area (Å²) in [5.41, 5.74) is -0.0383. The maximum absolute atomic E-state index is 13.4. The summed E-state index contributed by atoms with van der Waals surface area (Å²) in [7, 11) is 0. The summed E-state index contributed by atoms with van der Waals surface area (Å²) >= 11 is 0. The number of aliphatic hydroxyl groups is 1. The van der Waals surface area contributed by atoms with Crippen LogP contribution in [0.3, 0.4) is 0 Å². The number of aromatic nitrogens is 2. The van der Waals surface area contributed by atoms with Crippen molar-refractivity contribution in [2.75, 3.05) is 24.6 Å². The first-order valence-electron chi connectivity index (χ1n) is 9.35. The molecule has 152 valence electrons. The Kier molecular flexibility index (Phi) is 4.82. The molecular formula is C21H20F3N3O2. The van der Waals surface area contributed by atoms with Gasteiger partial charge < -0.3 is 10.0 Å². The van der Waals surface area contributed by atoms with Gasteiger partial charge in [-0.1, -0.05) is 18.2 Å². The van der Waals surface area contributed by atoms with Crippen LogP contribution in [0.15, 0.2) is 47.3 Å². The number of hydrogen-bond donors (Lipinski definition) is 1. The third-order valence-corrected chi connectivity index (χ3v) is 5.40. The number of benzene rings is 2. The van der Waals surface area contributed by atoms with Crippen molar-refractivity contribution >= 4 is 16.7 Å². The van der Waals surface area contributed by atoms with Gasteiger partial charge in [-0.05, 0) is 43.2 Å². The van der Waals surface area contributed by atoms with Gasteiger partial charge >= 0.3 is 11.9 Å². The monoisotopic (exact) mass is 403 g/mol. The van der Waals surface area contributed by atoms with E-state index < -0.39 is 17.4 Å². The molecule has 1 aliphatic heterocycles. The second-order valence-electron chi connectivity index (χ2n) is 7.35. The van der Waals surface area contributed by atoms with Gasteiger partial charge in [0.15, 0.2) is 0 Å². The van der Waals surface area contributed by atoms with E-state index in [4.69, 9.17) is 0 Å². The van der Waals surface area contributed by atoms with Crippen LogP contribution in [0, 0.1) is 12.8 Å². The molecule has 1 aliphatic rings. The number of alkyl halides is 3. The molecule has 0 radical (unpaired) electrons. The zero-order valence-electron chi connectivity index (χ0n) is 15.8. The number of anilines is 1. The Morgan fingerprint density at radius 3 is 2.62 bits per heavy atom. The minimum atomic E-state index is -4.53. The lowest BCUT2D eigenvalue weighted by Crippen LogP contribution is -2.29. The van der Waals surface area contributed by atoms with Gasteiger partial charge in [0.05, 0.1) is 16.8 Å². The molecule has 1 fully saturated rings. The summed E-state index contributed by atoms with van der Waals surface area (Å²) in [6.45, 7) is 2.91. The topological polar surface area (TPSA) is 58.4 Å². The van der Waals surface area contributed by atoms with Crippen molar-refractivity contribution in [2.24, 2.45) is 5.92 Å². The Hall–Kier alpha value is -2.87. The largest absolute Gasteiger partial charge is 0.416 e. The fourth-order valence-corrected chi connectivity index (χ4v) is 3.85. The van der Waals surface area contributed by atoms with Gasteiger partial charge in [0.2, 0.25) is 0 Å². The Bertz CT molecular complexity index is 1120. The molecule has 3 aromatic rings. The molecule has 0 aliphatic carbocycles. The number of para-hydroxylation sites is 1. The third-order valence-electron chi connectivity index (χ3n) is 5.40. The smallest absolute Gasteiger partial charge is 0.396 e. The molecule has 0 bridgehead atoms. The van der Waals surface area contributed by atoms with Gasteiger partial charge in [-0.25, -0.2) is 4.79 Å². The van der Waals surface area contributed by atoms with Crippen LogP contribution < -0.4 is 10.6 Å². The van der Waals surface area contributed by atoms with E-state index in [2.05, 4.69) is 4.98 Å². The molecule has 2 heterocycles. The molecule has 0 amide bonds. The van der Waals surface area contributed by atoms with E-state index in [9.17, 15) is 23.1 Å². The number of halogens is 3. The van der Waals surface area contributed by atoms with Gasteiger partial charge in [0.1, 0.15) is 5.82 Å². The lowest BCUT2D eigenvalue weighted by Gasteiger charge is -2.22. The Labute approximate surface area is 165 Å². The number of nitrogens with zero attached hydrogens (tertiary/aromatic N) is 3. The number of fused-ring (bicyclic) bond motifs is 1. The van der Waals surface area contributed by atoms with Crippen LogP contribution in [0.2, 0.25) is 0 Å². The maximum atomic E-state index is 13.4. The van der Waals surface area contributed by atoms with E-state index in [0.717, 1.165) is 24.1 Å². The van der Waals surface area contributed by atoms with Crippen molar-refractivity contribution in [3.8, 4) is 5.69 Å². The summed E-state index contributed by atoms with van der Waals surface area (Å²) < 4.78 is 41.4. The molecule has 29 heavy (non-hydrogen) atoms. The average molecular weight is 403 g/mol. The van der Waals surface area contributed by atoms with Crippen LogP contribution in [0.25, 0.3) is 16.6 Å². The molecule has 0 saturated carbocycles. The summed E-state index contributed by atoms with van der Waals surface area (Å²) in [5.74, 6) is 0.416. The first-order valence-corrected chi connectivity index (χ1v) is 9.35. The summed E-state index contributed by atoms with van der Waals surface area (Å²) in [4.78, 5) is 19.1. The normalized spacial score (nSPS) is 17.3. The molecular weight excluding hydrogens is 383 g/mol. The quantitative estimate of drug-likeness (QED) is 0.727. The van der Waals surface area contributed by atoms with E-state index in [-0.39, 0.29) is 18.0 Å². The Morgan fingerprint density at radius 2 is 1.97 bits per heavy atom. The summed E-state index contributed by atoms with van der Waals surface area (Å²) in [6, 6.07) is 10.4. The van der Waals surface area contributed by atoms with Crippen molar-refractivity contribution < 1.29 is 18.3 Å². The van der Waals surface area contributed by atoms with Crippen molar-refractivity contribution in [1.29, 1.82) is 0 Å². The third kappa shape index (κ3) is 3.48. The molecule has 1 atom stereocenters. The van der Waals surface area contributed by atoms with Crippen LogP contribution in [-0.4, -0.2) is 34.4 Å². The zero-order chi connectivity index (χ0) is 20.8. The lowest BCUT2D eigenvalue weighted by molar-refractivity contribution is -0.137. The van der Waals surface area contributed by atoms with Crippen molar-refractivity contribution in [3.05, 3.63) is 64.1 Å². The second-order valence-corrected chi connectivity index (χ2v) is 7.35. The van der Waals surface area contributed by atoms with E-state index in [1.807, 2.05) is 4.90 Å². The van der Waals surface area contributed by atoms with Crippen LogP contribution in [0.1, 0.15) is 17.5 Å². The van der Waals surface area contributed by atoms with E-state index in [0.29, 0.717) is 30.0 Å². The fraction of sp³-hybridized carbons (Fsp3) is 0.333. The highest BCUT2D eigenvalue weighted by molar-refractivity contribution is 5.91. The van der Waals surface area contributed by atoms with Crippen molar-refractivity contribution in [2.45, 2.75) is 19.5 Å². The van der Waals surface area contributed by atoms with Crippen molar-refractivity contribution in [3.63, 3.8) is 0 Å². The van der Waals surface area contributed by atoms with Gasteiger partial charge in [0.25, 0.3) is 0 Å². The fourth-order valence-electron chi connectivity index (χ4n) is 3.85. The molecule has 0 spiro atoms. The second kappa shape index (κ2) is 7.18. The molecule has 1 N–H and O–H groups in total. The van der Waals surface area contributed by atoms with Gasteiger partial charge in [-0.2, -0.15) is 18.2 Å². The van der Waals surface area contributed by atoms with Crippen LogP contribution in [-0.2, 0) is 6.18 Å². The van der Waals surface area contributed by atoms with Gasteiger partial charge in [-0.15, -0.1) is 0 Å². The zero-order valence-corrected chi connectivity index (χ0v) is 15.8. The molecule has 1 saturated heterocycles. The van der Waals surface area contributed by atoms with Gasteiger partial charge in [-0.3, -0.25) is 4.57 Å². The molecule has 8 heteroatoms. The highest BCUT2D eigenvalue weighted by Gasteiger charge is 2.32. The number of aliphatic hydroxyl groups excluding tert-OH is 1. The summed E-state index contributed by atoms with van der Waals surface area (Å²) in [5, 5.41) is 9.88. The Morgan fingerprint density at radius 1 is 1.21 bits per heavy atom. The maximum Gasteiger partial charge on any atom is 0.416 e.